The summed E-state index contributed by atoms with van der Waals surface area (Å²) in [4.78, 5) is 17.3. The third-order valence-electron chi connectivity index (χ3n) is 1.89. The standard InChI is InChI=1S/C10H16N4O/c1-7(11)10(15)13-8-4-5-9(12-6-8)14(2)3/h4-7H,11H2,1-3H3,(H,13,15). The second-order valence-electron chi connectivity index (χ2n) is 3.58. The number of nitrogens with zero attached hydrogens (tertiary/aromatic N) is 2. The van der Waals surface area contributed by atoms with Crippen LogP contribution in [0.1, 0.15) is 6.92 Å². The van der Waals surface area contributed by atoms with E-state index >= 15 is 0 Å². The second-order valence-corrected chi connectivity index (χ2v) is 3.58. The minimum atomic E-state index is -0.515. The van der Waals surface area contributed by atoms with Crippen molar-refractivity contribution in [3.05, 3.63) is 18.3 Å². The van der Waals surface area contributed by atoms with Crippen LogP contribution in [0.3, 0.4) is 0 Å². The topological polar surface area (TPSA) is 71.2 Å². The van der Waals surface area contributed by atoms with Crippen LogP contribution in [0.25, 0.3) is 0 Å². The molecule has 1 aromatic rings. The zero-order valence-corrected chi connectivity index (χ0v) is 9.19. The fourth-order valence-corrected chi connectivity index (χ4v) is 0.981. The molecule has 5 heteroatoms. The summed E-state index contributed by atoms with van der Waals surface area (Å²) in [6, 6.07) is 3.11. The van der Waals surface area contributed by atoms with Gasteiger partial charge in [-0.3, -0.25) is 4.79 Å². The van der Waals surface area contributed by atoms with Crippen LogP contribution in [-0.2, 0) is 4.79 Å². The molecule has 0 aliphatic rings. The molecule has 0 radical (unpaired) electrons. The first kappa shape index (κ1) is 11.5. The molecular formula is C10H16N4O. The molecule has 1 atom stereocenters. The van der Waals surface area contributed by atoms with Gasteiger partial charge in [-0.25, -0.2) is 4.98 Å². The molecule has 0 spiro atoms. The minimum Gasteiger partial charge on any atom is -0.363 e. The molecule has 1 amide bonds. The van der Waals surface area contributed by atoms with E-state index in [2.05, 4.69) is 10.3 Å². The number of hydrogen-bond donors (Lipinski definition) is 2. The number of carbonyl (C=O) groups is 1. The fraction of sp³-hybridized carbons (Fsp3) is 0.400. The molecule has 82 valence electrons. The molecule has 0 aliphatic carbocycles. The Morgan fingerprint density at radius 2 is 2.20 bits per heavy atom. The van der Waals surface area contributed by atoms with Crippen molar-refractivity contribution in [3.8, 4) is 0 Å². The summed E-state index contributed by atoms with van der Waals surface area (Å²) < 4.78 is 0. The Hall–Kier alpha value is -1.62. The lowest BCUT2D eigenvalue weighted by Crippen LogP contribution is -2.32. The summed E-state index contributed by atoms with van der Waals surface area (Å²) in [6.45, 7) is 1.64. The van der Waals surface area contributed by atoms with Crippen LogP contribution < -0.4 is 16.0 Å². The Labute approximate surface area is 89.3 Å². The maximum atomic E-state index is 11.3. The van der Waals surface area contributed by atoms with Crippen molar-refractivity contribution in [1.29, 1.82) is 0 Å². The predicted octanol–water partition coefficient (Wildman–Crippen LogP) is 0.433. The molecule has 0 aromatic carbocycles. The second kappa shape index (κ2) is 4.75. The van der Waals surface area contributed by atoms with Crippen molar-refractivity contribution in [2.24, 2.45) is 5.73 Å². The van der Waals surface area contributed by atoms with Crippen molar-refractivity contribution in [3.63, 3.8) is 0 Å². The molecule has 0 fully saturated rings. The van der Waals surface area contributed by atoms with E-state index in [1.54, 1.807) is 19.2 Å². The highest BCUT2D eigenvalue weighted by molar-refractivity contribution is 5.94. The predicted molar refractivity (Wildman–Crippen MR) is 60.8 cm³/mol. The van der Waals surface area contributed by atoms with Crippen LogP contribution in [0.15, 0.2) is 18.3 Å². The zero-order valence-electron chi connectivity index (χ0n) is 9.19. The largest absolute Gasteiger partial charge is 0.363 e. The van der Waals surface area contributed by atoms with Crippen molar-refractivity contribution >= 4 is 17.4 Å². The highest BCUT2D eigenvalue weighted by atomic mass is 16.2. The number of rotatable bonds is 3. The van der Waals surface area contributed by atoms with Crippen molar-refractivity contribution in [2.45, 2.75) is 13.0 Å². The number of amides is 1. The van der Waals surface area contributed by atoms with E-state index in [0.29, 0.717) is 5.69 Å². The third kappa shape index (κ3) is 3.21. The van der Waals surface area contributed by atoms with Crippen LogP contribution in [0, 0.1) is 0 Å². The zero-order chi connectivity index (χ0) is 11.4. The summed E-state index contributed by atoms with van der Waals surface area (Å²) in [5.74, 6) is 0.628. The molecule has 1 rings (SSSR count). The quantitative estimate of drug-likeness (QED) is 0.755. The van der Waals surface area contributed by atoms with E-state index in [1.807, 2.05) is 25.1 Å². The maximum absolute atomic E-state index is 11.3. The number of nitrogens with two attached hydrogens (primary N) is 1. The van der Waals surface area contributed by atoms with Gasteiger partial charge in [0.2, 0.25) is 5.91 Å². The van der Waals surface area contributed by atoms with Gasteiger partial charge in [0.1, 0.15) is 5.82 Å². The number of pyridine rings is 1. The van der Waals surface area contributed by atoms with E-state index in [9.17, 15) is 4.79 Å². The maximum Gasteiger partial charge on any atom is 0.241 e. The Morgan fingerprint density at radius 1 is 1.53 bits per heavy atom. The van der Waals surface area contributed by atoms with Crippen molar-refractivity contribution in [1.82, 2.24) is 4.98 Å². The third-order valence-corrected chi connectivity index (χ3v) is 1.89. The Bertz CT molecular complexity index is 332. The molecule has 0 aliphatic heterocycles. The summed E-state index contributed by atoms with van der Waals surface area (Å²) in [7, 11) is 3.81. The average Bonchev–Trinajstić information content (AvgIpc) is 2.18. The smallest absolute Gasteiger partial charge is 0.241 e. The number of hydrogen-bond acceptors (Lipinski definition) is 4. The fourth-order valence-electron chi connectivity index (χ4n) is 0.981. The Kier molecular flexibility index (Phi) is 3.62. The van der Waals surface area contributed by atoms with Gasteiger partial charge in [0, 0.05) is 14.1 Å². The van der Waals surface area contributed by atoms with E-state index in [1.165, 1.54) is 0 Å². The first-order valence-electron chi connectivity index (χ1n) is 4.70. The number of carbonyl (C=O) groups excluding carboxylic acids is 1. The molecule has 3 N–H and O–H groups in total. The van der Waals surface area contributed by atoms with Gasteiger partial charge in [-0.1, -0.05) is 0 Å². The van der Waals surface area contributed by atoms with Gasteiger partial charge in [0.15, 0.2) is 0 Å². The lowest BCUT2D eigenvalue weighted by atomic mass is 10.3. The molecule has 0 saturated heterocycles. The first-order chi connectivity index (χ1) is 7.00. The highest BCUT2D eigenvalue weighted by Gasteiger charge is 2.07. The monoisotopic (exact) mass is 208 g/mol. The number of anilines is 2. The molecule has 1 aromatic heterocycles. The van der Waals surface area contributed by atoms with Crippen molar-refractivity contribution in [2.75, 3.05) is 24.3 Å². The molecule has 0 bridgehead atoms. The van der Waals surface area contributed by atoms with Gasteiger partial charge in [0.25, 0.3) is 0 Å². The lowest BCUT2D eigenvalue weighted by Gasteiger charge is -2.12. The lowest BCUT2D eigenvalue weighted by molar-refractivity contribution is -0.117. The van der Waals surface area contributed by atoms with E-state index in [4.69, 9.17) is 5.73 Å². The van der Waals surface area contributed by atoms with Crippen LogP contribution in [0.2, 0.25) is 0 Å². The van der Waals surface area contributed by atoms with Gasteiger partial charge in [-0.15, -0.1) is 0 Å². The minimum absolute atomic E-state index is 0.214. The van der Waals surface area contributed by atoms with E-state index in [-0.39, 0.29) is 5.91 Å². The molecular weight excluding hydrogens is 192 g/mol. The summed E-state index contributed by atoms with van der Waals surface area (Å²) >= 11 is 0. The molecule has 1 heterocycles. The van der Waals surface area contributed by atoms with Crippen LogP contribution in [-0.4, -0.2) is 31.0 Å². The van der Waals surface area contributed by atoms with Gasteiger partial charge >= 0.3 is 0 Å². The van der Waals surface area contributed by atoms with Crippen LogP contribution in [0.4, 0.5) is 11.5 Å². The molecule has 15 heavy (non-hydrogen) atoms. The summed E-state index contributed by atoms with van der Waals surface area (Å²) in [5, 5.41) is 2.66. The summed E-state index contributed by atoms with van der Waals surface area (Å²) in [5.41, 5.74) is 6.08. The molecule has 1 unspecified atom stereocenters. The average molecular weight is 208 g/mol. The van der Waals surface area contributed by atoms with E-state index < -0.39 is 6.04 Å². The molecule has 0 saturated carbocycles. The Morgan fingerprint density at radius 3 is 2.60 bits per heavy atom. The normalized spacial score (nSPS) is 12.0. The SMILES string of the molecule is CC(N)C(=O)Nc1ccc(N(C)C)nc1. The van der Waals surface area contributed by atoms with Crippen LogP contribution in [0.5, 0.6) is 0 Å². The first-order valence-corrected chi connectivity index (χ1v) is 4.70. The van der Waals surface area contributed by atoms with Gasteiger partial charge in [0.05, 0.1) is 17.9 Å². The number of nitrogens with one attached hydrogen (secondary N) is 1. The Balaban J connectivity index is 2.69. The van der Waals surface area contributed by atoms with E-state index in [0.717, 1.165) is 5.82 Å². The van der Waals surface area contributed by atoms with Gasteiger partial charge < -0.3 is 16.0 Å². The van der Waals surface area contributed by atoms with Gasteiger partial charge in [-0.2, -0.15) is 0 Å². The summed E-state index contributed by atoms with van der Waals surface area (Å²) in [6.07, 6.45) is 1.61. The van der Waals surface area contributed by atoms with Crippen molar-refractivity contribution < 1.29 is 4.79 Å². The highest BCUT2D eigenvalue weighted by Crippen LogP contribution is 2.11. The number of aromatic nitrogens is 1. The molecule has 5 nitrogen and oxygen atoms in total. The van der Waals surface area contributed by atoms with Crippen LogP contribution >= 0.6 is 0 Å². The van der Waals surface area contributed by atoms with Gasteiger partial charge in [-0.05, 0) is 19.1 Å².